The molecule has 3 N–H and O–H groups in total. The van der Waals surface area contributed by atoms with Gasteiger partial charge < -0.3 is 11.1 Å². The molecule has 0 saturated carbocycles. The summed E-state index contributed by atoms with van der Waals surface area (Å²) in [7, 11) is 1.94. The monoisotopic (exact) mass is 283 g/mol. The zero-order valence-corrected chi connectivity index (χ0v) is 12.7. The van der Waals surface area contributed by atoms with Crippen LogP contribution in [0.2, 0.25) is 5.02 Å². The number of nitrogens with two attached hydrogens (primary N) is 1. The summed E-state index contributed by atoms with van der Waals surface area (Å²) in [5.41, 5.74) is 6.87. The van der Waals surface area contributed by atoms with E-state index in [0.29, 0.717) is 34.9 Å². The molecule has 1 aromatic rings. The van der Waals surface area contributed by atoms with Crippen LogP contribution in [0.1, 0.15) is 20.8 Å². The van der Waals surface area contributed by atoms with Crippen LogP contribution in [0.25, 0.3) is 0 Å². The van der Waals surface area contributed by atoms with E-state index in [1.807, 2.05) is 11.9 Å². The van der Waals surface area contributed by atoms with E-state index in [2.05, 4.69) is 26.1 Å². The van der Waals surface area contributed by atoms with Gasteiger partial charge in [0.05, 0.1) is 17.9 Å². The zero-order chi connectivity index (χ0) is 14.6. The maximum Gasteiger partial charge on any atom is 0.238 e. The minimum Gasteiger partial charge on any atom is -0.397 e. The SMILES string of the molecule is CC(C)C(C)N(C)CC(=O)Nc1ccc(Cl)cc1N. The van der Waals surface area contributed by atoms with E-state index < -0.39 is 0 Å². The summed E-state index contributed by atoms with van der Waals surface area (Å²) in [6, 6.07) is 5.38. The van der Waals surface area contributed by atoms with Crippen molar-refractivity contribution < 1.29 is 4.79 Å². The van der Waals surface area contributed by atoms with Gasteiger partial charge in [-0.05, 0) is 38.1 Å². The second-order valence-electron chi connectivity index (χ2n) is 5.18. The maximum atomic E-state index is 11.9. The molecule has 0 fully saturated rings. The van der Waals surface area contributed by atoms with E-state index in [9.17, 15) is 4.79 Å². The molecule has 5 heteroatoms. The van der Waals surface area contributed by atoms with Crippen molar-refractivity contribution >= 4 is 28.9 Å². The number of likely N-dealkylation sites (N-methyl/N-ethyl adjacent to an activating group) is 1. The van der Waals surface area contributed by atoms with E-state index in [1.165, 1.54) is 0 Å². The molecule has 19 heavy (non-hydrogen) atoms. The molecular weight excluding hydrogens is 262 g/mol. The van der Waals surface area contributed by atoms with E-state index in [0.717, 1.165) is 0 Å². The zero-order valence-electron chi connectivity index (χ0n) is 11.9. The number of amides is 1. The maximum absolute atomic E-state index is 11.9. The van der Waals surface area contributed by atoms with Gasteiger partial charge in [-0.1, -0.05) is 25.4 Å². The molecule has 1 rings (SSSR count). The molecule has 0 spiro atoms. The second-order valence-corrected chi connectivity index (χ2v) is 5.62. The van der Waals surface area contributed by atoms with Gasteiger partial charge in [-0.3, -0.25) is 9.69 Å². The van der Waals surface area contributed by atoms with Crippen LogP contribution in [0.4, 0.5) is 11.4 Å². The number of carbonyl (C=O) groups excluding carboxylic acids is 1. The standard InChI is InChI=1S/C14H22ClN3O/c1-9(2)10(3)18(4)8-14(19)17-13-6-5-11(15)7-12(13)16/h5-7,9-10H,8,16H2,1-4H3,(H,17,19). The molecule has 106 valence electrons. The van der Waals surface area contributed by atoms with E-state index >= 15 is 0 Å². The molecule has 0 bridgehead atoms. The fourth-order valence-corrected chi connectivity index (χ4v) is 1.90. The van der Waals surface area contributed by atoms with Gasteiger partial charge in [0, 0.05) is 11.1 Å². The predicted molar refractivity (Wildman–Crippen MR) is 81.4 cm³/mol. The molecule has 0 aliphatic carbocycles. The van der Waals surface area contributed by atoms with Crippen molar-refractivity contribution in [3.05, 3.63) is 23.2 Å². The van der Waals surface area contributed by atoms with Crippen molar-refractivity contribution in [1.82, 2.24) is 4.90 Å². The van der Waals surface area contributed by atoms with Gasteiger partial charge >= 0.3 is 0 Å². The van der Waals surface area contributed by atoms with Crippen molar-refractivity contribution in [2.45, 2.75) is 26.8 Å². The van der Waals surface area contributed by atoms with Gasteiger partial charge in [-0.15, -0.1) is 0 Å². The summed E-state index contributed by atoms with van der Waals surface area (Å²) >= 11 is 5.81. The van der Waals surface area contributed by atoms with Gasteiger partial charge in [0.15, 0.2) is 0 Å². The predicted octanol–water partition coefficient (Wildman–Crippen LogP) is 2.84. The number of nitrogens with one attached hydrogen (secondary N) is 1. The molecule has 1 aromatic carbocycles. The number of halogens is 1. The Bertz CT molecular complexity index is 448. The molecule has 1 amide bonds. The fourth-order valence-electron chi connectivity index (χ4n) is 1.72. The third-order valence-electron chi connectivity index (χ3n) is 3.34. The van der Waals surface area contributed by atoms with Crippen LogP contribution < -0.4 is 11.1 Å². The topological polar surface area (TPSA) is 58.4 Å². The molecular formula is C14H22ClN3O. The first-order valence-corrected chi connectivity index (χ1v) is 6.74. The van der Waals surface area contributed by atoms with Gasteiger partial charge in [0.25, 0.3) is 0 Å². The summed E-state index contributed by atoms with van der Waals surface area (Å²) in [6.07, 6.45) is 0. The lowest BCUT2D eigenvalue weighted by Gasteiger charge is -2.27. The average molecular weight is 284 g/mol. The highest BCUT2D eigenvalue weighted by Gasteiger charge is 2.16. The minimum absolute atomic E-state index is 0.0796. The number of hydrogen-bond acceptors (Lipinski definition) is 3. The largest absolute Gasteiger partial charge is 0.397 e. The van der Waals surface area contributed by atoms with Crippen LogP contribution >= 0.6 is 11.6 Å². The molecule has 0 saturated heterocycles. The minimum atomic E-state index is -0.0796. The normalized spacial score (nSPS) is 12.8. The summed E-state index contributed by atoms with van der Waals surface area (Å²) in [5, 5.41) is 3.35. The van der Waals surface area contributed by atoms with Crippen molar-refractivity contribution in [2.24, 2.45) is 5.92 Å². The van der Waals surface area contributed by atoms with Crippen LogP contribution in [0, 0.1) is 5.92 Å². The Labute approximate surface area is 119 Å². The lowest BCUT2D eigenvalue weighted by atomic mass is 10.1. The smallest absolute Gasteiger partial charge is 0.238 e. The molecule has 4 nitrogen and oxygen atoms in total. The number of anilines is 2. The first kappa shape index (κ1) is 15.8. The highest BCUT2D eigenvalue weighted by Crippen LogP contribution is 2.22. The summed E-state index contributed by atoms with van der Waals surface area (Å²) in [6.45, 7) is 6.71. The van der Waals surface area contributed by atoms with Gasteiger partial charge in [0.2, 0.25) is 5.91 Å². The summed E-state index contributed by atoms with van der Waals surface area (Å²) in [5.74, 6) is 0.419. The Balaban J connectivity index is 2.60. The van der Waals surface area contributed by atoms with E-state index in [4.69, 9.17) is 17.3 Å². The highest BCUT2D eigenvalue weighted by molar-refractivity contribution is 6.31. The van der Waals surface area contributed by atoms with Crippen LogP contribution in [-0.4, -0.2) is 30.4 Å². The molecule has 0 aliphatic heterocycles. The molecule has 1 atom stereocenters. The van der Waals surface area contributed by atoms with E-state index in [1.54, 1.807) is 18.2 Å². The number of nitrogens with zero attached hydrogens (tertiary/aromatic N) is 1. The van der Waals surface area contributed by atoms with Crippen LogP contribution in [0.5, 0.6) is 0 Å². The Morgan fingerprint density at radius 3 is 2.58 bits per heavy atom. The highest BCUT2D eigenvalue weighted by atomic mass is 35.5. The Morgan fingerprint density at radius 1 is 1.42 bits per heavy atom. The van der Waals surface area contributed by atoms with Gasteiger partial charge in [0.1, 0.15) is 0 Å². The Morgan fingerprint density at radius 2 is 2.05 bits per heavy atom. The third kappa shape index (κ3) is 4.73. The lowest BCUT2D eigenvalue weighted by Crippen LogP contribution is -2.39. The van der Waals surface area contributed by atoms with Gasteiger partial charge in [-0.2, -0.15) is 0 Å². The number of hydrogen-bond donors (Lipinski definition) is 2. The first-order valence-electron chi connectivity index (χ1n) is 6.36. The van der Waals surface area contributed by atoms with Crippen LogP contribution in [-0.2, 0) is 4.79 Å². The number of benzene rings is 1. The van der Waals surface area contributed by atoms with Crippen molar-refractivity contribution in [3.8, 4) is 0 Å². The van der Waals surface area contributed by atoms with E-state index in [-0.39, 0.29) is 5.91 Å². The molecule has 0 aromatic heterocycles. The lowest BCUT2D eigenvalue weighted by molar-refractivity contribution is -0.117. The summed E-state index contributed by atoms with van der Waals surface area (Å²) < 4.78 is 0. The van der Waals surface area contributed by atoms with Gasteiger partial charge in [-0.25, -0.2) is 0 Å². The third-order valence-corrected chi connectivity index (χ3v) is 3.58. The fraction of sp³-hybridized carbons (Fsp3) is 0.500. The average Bonchev–Trinajstić information content (AvgIpc) is 2.31. The van der Waals surface area contributed by atoms with Crippen LogP contribution in [0.3, 0.4) is 0 Å². The van der Waals surface area contributed by atoms with Crippen molar-refractivity contribution in [2.75, 3.05) is 24.6 Å². The Hall–Kier alpha value is -1.26. The van der Waals surface area contributed by atoms with Crippen LogP contribution in [0.15, 0.2) is 18.2 Å². The number of nitrogen functional groups attached to an aromatic ring is 1. The molecule has 0 radical (unpaired) electrons. The molecule has 0 heterocycles. The molecule has 1 unspecified atom stereocenters. The summed E-state index contributed by atoms with van der Waals surface area (Å²) in [4.78, 5) is 14.0. The van der Waals surface area contributed by atoms with Crippen molar-refractivity contribution in [1.29, 1.82) is 0 Å². The second kappa shape index (κ2) is 6.78. The van der Waals surface area contributed by atoms with Crippen molar-refractivity contribution in [3.63, 3.8) is 0 Å². The number of carbonyl (C=O) groups is 1. The number of rotatable bonds is 5. The Kier molecular flexibility index (Phi) is 5.63. The molecule has 0 aliphatic rings. The quantitative estimate of drug-likeness (QED) is 0.817. The first-order chi connectivity index (χ1) is 8.81.